The van der Waals surface area contributed by atoms with Crippen molar-refractivity contribution in [2.75, 3.05) is 6.61 Å². The molecule has 7 heteroatoms. The van der Waals surface area contributed by atoms with Crippen molar-refractivity contribution in [3.63, 3.8) is 0 Å². The molecule has 0 aromatic heterocycles. The molecule has 0 aromatic carbocycles. The molecule has 0 heterocycles. The monoisotopic (exact) mass is 510 g/mol. The summed E-state index contributed by atoms with van der Waals surface area (Å²) in [5.41, 5.74) is 1.65. The van der Waals surface area contributed by atoms with Crippen molar-refractivity contribution in [1.82, 2.24) is 0 Å². The van der Waals surface area contributed by atoms with Crippen molar-refractivity contribution in [2.45, 2.75) is 111 Å². The highest BCUT2D eigenvalue weighted by molar-refractivity contribution is 5.78. The first-order valence-corrected chi connectivity index (χ1v) is 13.9. The summed E-state index contributed by atoms with van der Waals surface area (Å²) in [4.78, 5) is 23.2. The SMILES string of the molecule is CCOC(=O)C(F)(F)C(O)C[C@@H](C)[C@H]1CC[C@H]2[C@@H]3CC=C4C[C@@H](OC(C)=O)CC[C@]4(C)[C@H]3CC[C@]12C. The van der Waals surface area contributed by atoms with Crippen molar-refractivity contribution in [3.05, 3.63) is 11.6 Å². The summed E-state index contributed by atoms with van der Waals surface area (Å²) in [6.07, 6.45) is 8.34. The van der Waals surface area contributed by atoms with Crippen LogP contribution in [0.25, 0.3) is 0 Å². The van der Waals surface area contributed by atoms with Gasteiger partial charge in [-0.15, -0.1) is 0 Å². The van der Waals surface area contributed by atoms with E-state index in [-0.39, 0.29) is 47.8 Å². The van der Waals surface area contributed by atoms with Crippen LogP contribution in [0.5, 0.6) is 0 Å². The summed E-state index contributed by atoms with van der Waals surface area (Å²) >= 11 is 0. The Bertz CT molecular complexity index is 887. The number of allylic oxidation sites excluding steroid dienone is 1. The van der Waals surface area contributed by atoms with E-state index in [1.165, 1.54) is 19.4 Å². The predicted octanol–water partition coefficient (Wildman–Crippen LogP) is 6.08. The second-order valence-electron chi connectivity index (χ2n) is 12.5. The number of carbonyl (C=O) groups excluding carboxylic acids is 2. The molecule has 0 amide bonds. The summed E-state index contributed by atoms with van der Waals surface area (Å²) in [5, 5.41) is 10.3. The number of carbonyl (C=O) groups is 2. The molecule has 204 valence electrons. The molecule has 1 unspecified atom stereocenters. The number of halogens is 2. The molecule has 4 rings (SSSR count). The Balaban J connectivity index is 1.47. The third-order valence-corrected chi connectivity index (χ3v) is 10.7. The molecular formula is C29H44F2O5. The zero-order valence-electron chi connectivity index (χ0n) is 22.5. The first kappa shape index (κ1) is 27.5. The van der Waals surface area contributed by atoms with E-state index in [9.17, 15) is 23.5 Å². The van der Waals surface area contributed by atoms with Crippen LogP contribution in [-0.4, -0.2) is 41.8 Å². The van der Waals surface area contributed by atoms with E-state index in [0.29, 0.717) is 17.8 Å². The van der Waals surface area contributed by atoms with Crippen LogP contribution in [0.3, 0.4) is 0 Å². The minimum Gasteiger partial charge on any atom is -0.462 e. The van der Waals surface area contributed by atoms with E-state index in [4.69, 9.17) is 4.74 Å². The lowest BCUT2D eigenvalue weighted by atomic mass is 9.47. The van der Waals surface area contributed by atoms with Crippen LogP contribution in [0.15, 0.2) is 11.6 Å². The van der Waals surface area contributed by atoms with Gasteiger partial charge in [0.1, 0.15) is 12.2 Å². The Morgan fingerprint density at radius 3 is 2.56 bits per heavy atom. The molecular weight excluding hydrogens is 466 g/mol. The summed E-state index contributed by atoms with van der Waals surface area (Å²) in [5.74, 6) is -3.89. The number of esters is 2. The maximum Gasteiger partial charge on any atom is 0.379 e. The molecule has 0 spiro atoms. The van der Waals surface area contributed by atoms with Crippen molar-refractivity contribution < 1.29 is 33.0 Å². The molecule has 0 aromatic rings. The van der Waals surface area contributed by atoms with E-state index in [0.717, 1.165) is 51.4 Å². The average Bonchev–Trinajstić information content (AvgIpc) is 3.16. The second-order valence-corrected chi connectivity index (χ2v) is 12.5. The third-order valence-electron chi connectivity index (χ3n) is 10.7. The first-order chi connectivity index (χ1) is 16.8. The van der Waals surface area contributed by atoms with Crippen LogP contribution in [0.2, 0.25) is 0 Å². The zero-order valence-corrected chi connectivity index (χ0v) is 22.5. The number of rotatable bonds is 7. The maximum absolute atomic E-state index is 14.4. The number of aliphatic hydroxyl groups excluding tert-OH is 1. The fourth-order valence-corrected chi connectivity index (χ4v) is 8.97. The van der Waals surface area contributed by atoms with Gasteiger partial charge in [0.25, 0.3) is 0 Å². The Morgan fingerprint density at radius 2 is 1.89 bits per heavy atom. The smallest absolute Gasteiger partial charge is 0.379 e. The van der Waals surface area contributed by atoms with E-state index in [2.05, 4.69) is 24.7 Å². The summed E-state index contributed by atoms with van der Waals surface area (Å²) in [6.45, 7) is 9.54. The van der Waals surface area contributed by atoms with Gasteiger partial charge < -0.3 is 14.6 Å². The van der Waals surface area contributed by atoms with Crippen molar-refractivity contribution in [1.29, 1.82) is 0 Å². The minimum atomic E-state index is -3.88. The Labute approximate surface area is 214 Å². The number of hydrogen-bond donors (Lipinski definition) is 1. The molecule has 4 aliphatic rings. The van der Waals surface area contributed by atoms with Crippen molar-refractivity contribution in [2.24, 2.45) is 40.4 Å². The standard InChI is InChI=1S/C29H44F2O5/c1-6-35-26(34)29(30,31)25(33)15-17(2)22-9-10-23-21-8-7-19-16-20(36-18(3)32)11-13-27(19,4)24(21)12-14-28(22,23)5/h7,17,20-25,33H,6,8-16H2,1-5H3/t17-,20+,21+,22-,23+,24+,25?,27+,28-/m1/s1. The number of ether oxygens (including phenoxy) is 2. The fourth-order valence-electron chi connectivity index (χ4n) is 8.97. The Kier molecular flexibility index (Phi) is 7.64. The fraction of sp³-hybridized carbons (Fsp3) is 0.862. The largest absolute Gasteiger partial charge is 0.462 e. The lowest BCUT2D eigenvalue weighted by molar-refractivity contribution is -0.190. The Morgan fingerprint density at radius 1 is 1.17 bits per heavy atom. The maximum atomic E-state index is 14.4. The van der Waals surface area contributed by atoms with Crippen LogP contribution in [0.4, 0.5) is 8.78 Å². The van der Waals surface area contributed by atoms with Crippen LogP contribution >= 0.6 is 0 Å². The van der Waals surface area contributed by atoms with Gasteiger partial charge in [-0.25, -0.2) is 4.79 Å². The summed E-state index contributed by atoms with van der Waals surface area (Å²) in [7, 11) is 0. The molecule has 3 fully saturated rings. The zero-order chi connectivity index (χ0) is 26.5. The van der Waals surface area contributed by atoms with Crippen LogP contribution in [-0.2, 0) is 19.1 Å². The van der Waals surface area contributed by atoms with Gasteiger partial charge in [-0.05, 0) is 98.7 Å². The molecule has 0 aliphatic heterocycles. The molecule has 1 N–H and O–H groups in total. The van der Waals surface area contributed by atoms with Gasteiger partial charge in [0.2, 0.25) is 0 Å². The topological polar surface area (TPSA) is 72.8 Å². The van der Waals surface area contributed by atoms with E-state index >= 15 is 0 Å². The van der Waals surface area contributed by atoms with Crippen LogP contribution < -0.4 is 0 Å². The summed E-state index contributed by atoms with van der Waals surface area (Å²) in [6, 6.07) is 0. The number of aliphatic hydroxyl groups is 1. The highest BCUT2D eigenvalue weighted by Gasteiger charge is 2.60. The van der Waals surface area contributed by atoms with Gasteiger partial charge in [-0.1, -0.05) is 32.4 Å². The van der Waals surface area contributed by atoms with Gasteiger partial charge in [0.15, 0.2) is 0 Å². The molecule has 36 heavy (non-hydrogen) atoms. The number of hydrogen-bond acceptors (Lipinski definition) is 5. The van der Waals surface area contributed by atoms with Crippen molar-refractivity contribution >= 4 is 11.9 Å². The molecule has 0 radical (unpaired) electrons. The second kappa shape index (κ2) is 9.99. The summed E-state index contributed by atoms with van der Waals surface area (Å²) < 4.78 is 38.9. The normalized spacial score (nSPS) is 39.7. The molecule has 3 saturated carbocycles. The van der Waals surface area contributed by atoms with E-state index in [1.54, 1.807) is 0 Å². The van der Waals surface area contributed by atoms with Gasteiger partial charge in [0, 0.05) is 13.3 Å². The number of alkyl halides is 2. The average molecular weight is 511 g/mol. The predicted molar refractivity (Wildman–Crippen MR) is 132 cm³/mol. The first-order valence-electron chi connectivity index (χ1n) is 13.9. The molecule has 0 saturated heterocycles. The molecule has 9 atom stereocenters. The van der Waals surface area contributed by atoms with Gasteiger partial charge in [0.05, 0.1) is 6.61 Å². The van der Waals surface area contributed by atoms with E-state index < -0.39 is 18.0 Å². The van der Waals surface area contributed by atoms with Gasteiger partial charge in [-0.3, -0.25) is 4.79 Å². The molecule has 4 aliphatic carbocycles. The van der Waals surface area contributed by atoms with Crippen molar-refractivity contribution in [3.8, 4) is 0 Å². The lowest BCUT2D eigenvalue weighted by Gasteiger charge is -2.58. The third kappa shape index (κ3) is 4.63. The molecule has 5 nitrogen and oxygen atoms in total. The van der Waals surface area contributed by atoms with Gasteiger partial charge >= 0.3 is 17.9 Å². The quantitative estimate of drug-likeness (QED) is 0.332. The number of fused-ring (bicyclic) bond motifs is 5. The van der Waals surface area contributed by atoms with Gasteiger partial charge in [-0.2, -0.15) is 8.78 Å². The van der Waals surface area contributed by atoms with Crippen LogP contribution in [0.1, 0.15) is 92.4 Å². The molecule has 0 bridgehead atoms. The highest BCUT2D eigenvalue weighted by atomic mass is 19.3. The van der Waals surface area contributed by atoms with Crippen LogP contribution in [0, 0.1) is 40.4 Å². The lowest BCUT2D eigenvalue weighted by Crippen LogP contribution is -2.51. The minimum absolute atomic E-state index is 0.0110. The van der Waals surface area contributed by atoms with E-state index in [1.807, 2.05) is 6.92 Å². The Hall–Kier alpha value is -1.50. The highest BCUT2D eigenvalue weighted by Crippen LogP contribution is 2.67.